The SMILES string of the molecule is Cl.NC(=O)C[C@H]1CCN(c2cncc(C(F)(F)F)c2)C1. The number of amides is 1. The van der Waals surface area contributed by atoms with Crippen LogP contribution in [0.1, 0.15) is 18.4 Å². The van der Waals surface area contributed by atoms with E-state index in [2.05, 4.69) is 4.98 Å². The Morgan fingerprint density at radius 3 is 2.75 bits per heavy atom. The van der Waals surface area contributed by atoms with Crippen molar-refractivity contribution in [3.05, 3.63) is 24.0 Å². The molecule has 1 aliphatic rings. The number of alkyl halides is 3. The highest BCUT2D eigenvalue weighted by molar-refractivity contribution is 5.85. The maximum atomic E-state index is 12.6. The quantitative estimate of drug-likeness (QED) is 0.931. The number of aromatic nitrogens is 1. The number of nitrogens with zero attached hydrogens (tertiary/aromatic N) is 2. The van der Waals surface area contributed by atoms with Crippen LogP contribution in [0.3, 0.4) is 0 Å². The van der Waals surface area contributed by atoms with Gasteiger partial charge in [-0.15, -0.1) is 12.4 Å². The fourth-order valence-corrected chi connectivity index (χ4v) is 2.27. The lowest BCUT2D eigenvalue weighted by molar-refractivity contribution is -0.137. The molecule has 1 saturated heterocycles. The van der Waals surface area contributed by atoms with Gasteiger partial charge in [0.05, 0.1) is 17.4 Å². The largest absolute Gasteiger partial charge is 0.417 e. The number of hydrogen-bond acceptors (Lipinski definition) is 3. The van der Waals surface area contributed by atoms with Crippen LogP contribution >= 0.6 is 12.4 Å². The molecule has 8 heteroatoms. The van der Waals surface area contributed by atoms with Gasteiger partial charge in [-0.1, -0.05) is 0 Å². The van der Waals surface area contributed by atoms with Crippen molar-refractivity contribution in [1.82, 2.24) is 4.98 Å². The molecule has 0 aliphatic carbocycles. The minimum absolute atomic E-state index is 0. The average molecular weight is 310 g/mol. The number of carbonyl (C=O) groups is 1. The van der Waals surface area contributed by atoms with E-state index in [1.807, 2.05) is 0 Å². The lowest BCUT2D eigenvalue weighted by Gasteiger charge is -2.19. The zero-order valence-corrected chi connectivity index (χ0v) is 11.4. The molecule has 2 N–H and O–H groups in total. The number of anilines is 1. The van der Waals surface area contributed by atoms with E-state index in [4.69, 9.17) is 5.73 Å². The number of hydrogen-bond donors (Lipinski definition) is 1. The van der Waals surface area contributed by atoms with E-state index in [0.717, 1.165) is 18.7 Å². The fourth-order valence-electron chi connectivity index (χ4n) is 2.27. The van der Waals surface area contributed by atoms with E-state index >= 15 is 0 Å². The third kappa shape index (κ3) is 4.00. The minimum atomic E-state index is -4.39. The summed E-state index contributed by atoms with van der Waals surface area (Å²) in [5, 5.41) is 0. The van der Waals surface area contributed by atoms with Crippen LogP contribution < -0.4 is 10.6 Å². The van der Waals surface area contributed by atoms with Gasteiger partial charge in [0.25, 0.3) is 0 Å². The summed E-state index contributed by atoms with van der Waals surface area (Å²) in [7, 11) is 0. The molecular weight excluding hydrogens is 295 g/mol. The Bertz CT molecular complexity index is 481. The molecule has 20 heavy (non-hydrogen) atoms. The second kappa shape index (κ2) is 6.30. The van der Waals surface area contributed by atoms with Crippen molar-refractivity contribution in [3.8, 4) is 0 Å². The Balaban J connectivity index is 0.00000200. The third-order valence-corrected chi connectivity index (χ3v) is 3.19. The summed E-state index contributed by atoms with van der Waals surface area (Å²) in [6.45, 7) is 1.15. The Labute approximate surface area is 120 Å². The number of nitrogens with two attached hydrogens (primary N) is 1. The zero-order chi connectivity index (χ0) is 14.0. The van der Waals surface area contributed by atoms with Gasteiger partial charge in [-0.3, -0.25) is 9.78 Å². The number of rotatable bonds is 3. The van der Waals surface area contributed by atoms with Crippen molar-refractivity contribution in [2.24, 2.45) is 11.7 Å². The minimum Gasteiger partial charge on any atom is -0.370 e. The number of primary amides is 1. The fraction of sp³-hybridized carbons (Fsp3) is 0.500. The molecular formula is C12H15ClF3N3O. The van der Waals surface area contributed by atoms with Gasteiger partial charge in [0, 0.05) is 25.7 Å². The summed E-state index contributed by atoms with van der Waals surface area (Å²) in [5.41, 5.74) is 4.79. The highest BCUT2D eigenvalue weighted by Gasteiger charge is 2.32. The summed E-state index contributed by atoms with van der Waals surface area (Å²) >= 11 is 0. The van der Waals surface area contributed by atoms with Crippen molar-refractivity contribution >= 4 is 24.0 Å². The Kier molecular flexibility index (Phi) is 5.21. The molecule has 2 heterocycles. The zero-order valence-electron chi connectivity index (χ0n) is 10.6. The van der Waals surface area contributed by atoms with Crippen LogP contribution in [0.2, 0.25) is 0 Å². The molecule has 112 valence electrons. The second-order valence-corrected chi connectivity index (χ2v) is 4.70. The topological polar surface area (TPSA) is 59.2 Å². The Morgan fingerprint density at radius 2 is 2.15 bits per heavy atom. The molecule has 1 fully saturated rings. The summed E-state index contributed by atoms with van der Waals surface area (Å²) in [5.74, 6) is -0.277. The molecule has 0 radical (unpaired) electrons. The Morgan fingerprint density at radius 1 is 1.45 bits per heavy atom. The van der Waals surface area contributed by atoms with Crippen LogP contribution in [0.25, 0.3) is 0 Å². The van der Waals surface area contributed by atoms with Crippen LogP contribution in [0.4, 0.5) is 18.9 Å². The maximum Gasteiger partial charge on any atom is 0.417 e. The Hall–Kier alpha value is -1.50. The van der Waals surface area contributed by atoms with Gasteiger partial charge < -0.3 is 10.6 Å². The third-order valence-electron chi connectivity index (χ3n) is 3.19. The molecule has 1 aliphatic heterocycles. The summed E-state index contributed by atoms with van der Waals surface area (Å²) in [6, 6.07) is 1.08. The molecule has 0 saturated carbocycles. The standard InChI is InChI=1S/C12H14F3N3O.ClH/c13-12(14,15)9-4-10(6-17-5-9)18-2-1-8(7-18)3-11(16)19;/h4-6,8H,1-3,7H2,(H2,16,19);1H/t8-;/m1./s1. The second-order valence-electron chi connectivity index (χ2n) is 4.70. The summed E-state index contributed by atoms with van der Waals surface area (Å²) in [6.07, 6.45) is -1.17. The molecule has 0 spiro atoms. The van der Waals surface area contributed by atoms with Gasteiger partial charge in [-0.25, -0.2) is 0 Å². The highest BCUT2D eigenvalue weighted by atomic mass is 35.5. The van der Waals surface area contributed by atoms with E-state index < -0.39 is 11.7 Å². The van der Waals surface area contributed by atoms with Crippen LogP contribution in [-0.2, 0) is 11.0 Å². The molecule has 1 aromatic heterocycles. The molecule has 0 bridgehead atoms. The van der Waals surface area contributed by atoms with Gasteiger partial charge in [-0.05, 0) is 18.4 Å². The lowest BCUT2D eigenvalue weighted by atomic mass is 10.1. The first-order valence-corrected chi connectivity index (χ1v) is 5.92. The molecule has 1 amide bonds. The number of pyridine rings is 1. The molecule has 4 nitrogen and oxygen atoms in total. The first-order valence-electron chi connectivity index (χ1n) is 5.92. The number of halogens is 4. The van der Waals surface area contributed by atoms with Gasteiger partial charge in [-0.2, -0.15) is 13.2 Å². The average Bonchev–Trinajstić information content (AvgIpc) is 2.76. The molecule has 1 aromatic rings. The van der Waals surface area contributed by atoms with Gasteiger partial charge in [0.1, 0.15) is 0 Å². The first-order chi connectivity index (χ1) is 8.86. The maximum absolute atomic E-state index is 12.6. The van der Waals surface area contributed by atoms with Crippen molar-refractivity contribution < 1.29 is 18.0 Å². The van der Waals surface area contributed by atoms with Crippen LogP contribution in [0.15, 0.2) is 18.5 Å². The smallest absolute Gasteiger partial charge is 0.370 e. The van der Waals surface area contributed by atoms with E-state index in [9.17, 15) is 18.0 Å². The van der Waals surface area contributed by atoms with Gasteiger partial charge in [0.2, 0.25) is 5.91 Å². The molecule has 2 rings (SSSR count). The monoisotopic (exact) mass is 309 g/mol. The highest BCUT2D eigenvalue weighted by Crippen LogP contribution is 2.32. The van der Waals surface area contributed by atoms with E-state index in [1.165, 1.54) is 6.20 Å². The molecule has 0 aromatic carbocycles. The number of carbonyl (C=O) groups excluding carboxylic acids is 1. The van der Waals surface area contributed by atoms with Crippen molar-refractivity contribution in [2.45, 2.75) is 19.0 Å². The normalized spacial score (nSPS) is 18.8. The van der Waals surface area contributed by atoms with Crippen molar-refractivity contribution in [3.63, 3.8) is 0 Å². The molecule has 1 atom stereocenters. The molecule has 0 unspecified atom stereocenters. The lowest BCUT2D eigenvalue weighted by Crippen LogP contribution is -2.22. The summed E-state index contributed by atoms with van der Waals surface area (Å²) in [4.78, 5) is 16.3. The van der Waals surface area contributed by atoms with E-state index in [1.54, 1.807) is 4.90 Å². The van der Waals surface area contributed by atoms with E-state index in [0.29, 0.717) is 18.8 Å². The first kappa shape index (κ1) is 16.6. The van der Waals surface area contributed by atoms with Crippen LogP contribution in [0, 0.1) is 5.92 Å². The van der Waals surface area contributed by atoms with Crippen molar-refractivity contribution in [2.75, 3.05) is 18.0 Å². The van der Waals surface area contributed by atoms with E-state index in [-0.39, 0.29) is 30.7 Å². The van der Waals surface area contributed by atoms with Crippen LogP contribution in [0.5, 0.6) is 0 Å². The van der Waals surface area contributed by atoms with Crippen LogP contribution in [-0.4, -0.2) is 24.0 Å². The van der Waals surface area contributed by atoms with Crippen molar-refractivity contribution in [1.29, 1.82) is 0 Å². The predicted octanol–water partition coefficient (Wildman–Crippen LogP) is 2.22. The van der Waals surface area contributed by atoms with Gasteiger partial charge in [0.15, 0.2) is 0 Å². The predicted molar refractivity (Wildman–Crippen MR) is 70.6 cm³/mol. The summed E-state index contributed by atoms with van der Waals surface area (Å²) < 4.78 is 37.8. The van der Waals surface area contributed by atoms with Gasteiger partial charge >= 0.3 is 6.18 Å².